The molecule has 1 aromatic carbocycles. The van der Waals surface area contributed by atoms with Gasteiger partial charge in [-0.3, -0.25) is 4.90 Å². The molecule has 1 atom stereocenters. The number of guanidine groups is 2. The van der Waals surface area contributed by atoms with Crippen molar-refractivity contribution >= 4 is 30.0 Å². The Kier molecular flexibility index (Phi) is 4.19. The summed E-state index contributed by atoms with van der Waals surface area (Å²) in [5, 5.41) is 0. The molecule has 1 aliphatic rings. The molecular weight excluding hydrogens is 250 g/mol. The van der Waals surface area contributed by atoms with E-state index in [0.717, 1.165) is 12.1 Å². The van der Waals surface area contributed by atoms with E-state index in [1.54, 1.807) is 0 Å². The Morgan fingerprint density at radius 2 is 1.83 bits per heavy atom. The Labute approximate surface area is 113 Å². The smallest absolute Gasteiger partial charge is 0.220 e. The van der Waals surface area contributed by atoms with Gasteiger partial charge in [0.05, 0.1) is 0 Å². The van der Waals surface area contributed by atoms with Crippen LogP contribution in [0, 0.1) is 0 Å². The molecule has 0 radical (unpaired) electrons. The summed E-state index contributed by atoms with van der Waals surface area (Å²) < 4.78 is 0. The van der Waals surface area contributed by atoms with Crippen molar-refractivity contribution < 1.29 is 0 Å². The molecule has 98 valence electrons. The van der Waals surface area contributed by atoms with E-state index in [0.29, 0.717) is 5.96 Å². The quantitative estimate of drug-likeness (QED) is 0.856. The highest BCUT2D eigenvalue weighted by Crippen LogP contribution is 2.29. The van der Waals surface area contributed by atoms with E-state index in [4.69, 9.17) is 11.5 Å². The van der Waals surface area contributed by atoms with Gasteiger partial charge in [0.25, 0.3) is 0 Å². The lowest BCUT2D eigenvalue weighted by molar-refractivity contribution is 0.466. The summed E-state index contributed by atoms with van der Waals surface area (Å²) in [6, 6.07) is 9.84. The third-order valence-corrected chi connectivity index (χ3v) is 2.98. The second-order valence-electron chi connectivity index (χ2n) is 4.18. The van der Waals surface area contributed by atoms with Crippen molar-refractivity contribution in [3.63, 3.8) is 0 Å². The number of hydrogen-bond donors (Lipinski definition) is 2. The van der Waals surface area contributed by atoms with Crippen molar-refractivity contribution in [3.8, 4) is 0 Å². The number of halogens is 1. The van der Waals surface area contributed by atoms with Crippen LogP contribution in [0.4, 0.5) is 5.69 Å². The fourth-order valence-corrected chi connectivity index (χ4v) is 1.96. The Balaban J connectivity index is 0.00000162. The van der Waals surface area contributed by atoms with Gasteiger partial charge in [-0.05, 0) is 25.5 Å². The summed E-state index contributed by atoms with van der Waals surface area (Å²) in [5.41, 5.74) is 12.1. The number of benzene rings is 1. The SMILES string of the molecule is CCC1(C)N=C(N)N=C(N)N1c1ccccc1.Cl. The van der Waals surface area contributed by atoms with Crippen molar-refractivity contribution in [2.45, 2.75) is 25.9 Å². The fraction of sp³-hybridized carbons (Fsp3) is 0.333. The number of nitrogens with two attached hydrogens (primary N) is 2. The lowest BCUT2D eigenvalue weighted by Crippen LogP contribution is -2.55. The van der Waals surface area contributed by atoms with Crippen LogP contribution in [0.5, 0.6) is 0 Å². The molecule has 1 unspecified atom stereocenters. The van der Waals surface area contributed by atoms with Crippen LogP contribution in [0.25, 0.3) is 0 Å². The van der Waals surface area contributed by atoms with Gasteiger partial charge in [-0.15, -0.1) is 12.4 Å². The van der Waals surface area contributed by atoms with Gasteiger partial charge in [0.15, 0.2) is 0 Å². The summed E-state index contributed by atoms with van der Waals surface area (Å²) in [4.78, 5) is 10.3. The Morgan fingerprint density at radius 3 is 2.39 bits per heavy atom. The highest BCUT2D eigenvalue weighted by Gasteiger charge is 2.35. The molecule has 0 spiro atoms. The van der Waals surface area contributed by atoms with Gasteiger partial charge in [-0.2, -0.15) is 4.99 Å². The standard InChI is InChI=1S/C12H17N5.ClH/c1-3-12(2)16-10(13)15-11(14)17(12)9-7-5-4-6-8-9;/h4-8H,3H2,1-2H3,(H4,13,14,15,16);1H. The predicted molar refractivity (Wildman–Crippen MR) is 78.1 cm³/mol. The topological polar surface area (TPSA) is 80.0 Å². The molecule has 1 aliphatic heterocycles. The maximum atomic E-state index is 5.97. The molecule has 4 N–H and O–H groups in total. The molecular formula is C12H18ClN5. The van der Waals surface area contributed by atoms with Gasteiger partial charge >= 0.3 is 0 Å². The Bertz CT molecular complexity index is 471. The largest absolute Gasteiger partial charge is 0.369 e. The van der Waals surface area contributed by atoms with Gasteiger partial charge in [0, 0.05) is 5.69 Å². The minimum absolute atomic E-state index is 0. The summed E-state index contributed by atoms with van der Waals surface area (Å²) in [5.74, 6) is 0.618. The summed E-state index contributed by atoms with van der Waals surface area (Å²) in [7, 11) is 0. The average molecular weight is 268 g/mol. The third-order valence-electron chi connectivity index (χ3n) is 2.98. The highest BCUT2D eigenvalue weighted by molar-refractivity contribution is 6.05. The molecule has 5 nitrogen and oxygen atoms in total. The zero-order chi connectivity index (χ0) is 12.5. The average Bonchev–Trinajstić information content (AvgIpc) is 2.29. The van der Waals surface area contributed by atoms with Crippen LogP contribution in [0.1, 0.15) is 20.3 Å². The van der Waals surface area contributed by atoms with E-state index < -0.39 is 5.66 Å². The molecule has 0 saturated heterocycles. The predicted octanol–water partition coefficient (Wildman–Crippen LogP) is 1.68. The maximum absolute atomic E-state index is 5.97. The highest BCUT2D eigenvalue weighted by atomic mass is 35.5. The van der Waals surface area contributed by atoms with E-state index >= 15 is 0 Å². The summed E-state index contributed by atoms with van der Waals surface area (Å²) in [6.45, 7) is 4.04. The molecule has 18 heavy (non-hydrogen) atoms. The molecule has 0 aliphatic carbocycles. The number of rotatable bonds is 2. The van der Waals surface area contributed by atoms with Crippen LogP contribution in [0.15, 0.2) is 40.3 Å². The number of hydrogen-bond acceptors (Lipinski definition) is 5. The molecule has 0 bridgehead atoms. The van der Waals surface area contributed by atoms with E-state index in [2.05, 4.69) is 9.98 Å². The van der Waals surface area contributed by atoms with Crippen molar-refractivity contribution in [1.29, 1.82) is 0 Å². The first-order valence-corrected chi connectivity index (χ1v) is 5.61. The first-order chi connectivity index (χ1) is 8.07. The minimum atomic E-state index is -0.475. The lowest BCUT2D eigenvalue weighted by atomic mass is 10.1. The normalized spacial score (nSPS) is 22.9. The molecule has 2 rings (SSSR count). The minimum Gasteiger partial charge on any atom is -0.369 e. The van der Waals surface area contributed by atoms with E-state index in [9.17, 15) is 0 Å². The molecule has 0 fully saturated rings. The van der Waals surface area contributed by atoms with Crippen LogP contribution in [0.2, 0.25) is 0 Å². The Morgan fingerprint density at radius 1 is 1.22 bits per heavy atom. The van der Waals surface area contributed by atoms with Gasteiger partial charge in [-0.25, -0.2) is 4.99 Å². The van der Waals surface area contributed by atoms with Gasteiger partial charge in [-0.1, -0.05) is 25.1 Å². The van der Waals surface area contributed by atoms with Crippen molar-refractivity contribution in [2.75, 3.05) is 4.90 Å². The van der Waals surface area contributed by atoms with E-state index in [1.165, 1.54) is 0 Å². The molecule has 1 aromatic rings. The fourth-order valence-electron chi connectivity index (χ4n) is 1.96. The van der Waals surface area contributed by atoms with Crippen LogP contribution in [0.3, 0.4) is 0 Å². The molecule has 0 saturated carbocycles. The zero-order valence-corrected chi connectivity index (χ0v) is 11.3. The maximum Gasteiger partial charge on any atom is 0.220 e. The monoisotopic (exact) mass is 267 g/mol. The second-order valence-corrected chi connectivity index (χ2v) is 4.18. The molecule has 6 heteroatoms. The van der Waals surface area contributed by atoms with Gasteiger partial charge in [0.1, 0.15) is 5.66 Å². The van der Waals surface area contributed by atoms with E-state index in [1.807, 2.05) is 49.1 Å². The first-order valence-electron chi connectivity index (χ1n) is 5.61. The van der Waals surface area contributed by atoms with Crippen LogP contribution in [-0.2, 0) is 0 Å². The number of anilines is 1. The van der Waals surface area contributed by atoms with Crippen molar-refractivity contribution in [2.24, 2.45) is 21.5 Å². The number of para-hydroxylation sites is 1. The first kappa shape index (κ1) is 14.3. The second kappa shape index (κ2) is 5.27. The van der Waals surface area contributed by atoms with Crippen LogP contribution >= 0.6 is 12.4 Å². The lowest BCUT2D eigenvalue weighted by Gasteiger charge is -2.40. The van der Waals surface area contributed by atoms with E-state index in [-0.39, 0.29) is 18.4 Å². The summed E-state index contributed by atoms with van der Waals surface area (Å²) in [6.07, 6.45) is 0.790. The number of aliphatic imine (C=N–C) groups is 2. The number of nitrogens with zero attached hydrogens (tertiary/aromatic N) is 3. The van der Waals surface area contributed by atoms with Crippen molar-refractivity contribution in [3.05, 3.63) is 30.3 Å². The molecule has 1 heterocycles. The molecule has 0 aromatic heterocycles. The van der Waals surface area contributed by atoms with Crippen LogP contribution < -0.4 is 16.4 Å². The van der Waals surface area contributed by atoms with Crippen molar-refractivity contribution in [1.82, 2.24) is 0 Å². The zero-order valence-electron chi connectivity index (χ0n) is 10.5. The van der Waals surface area contributed by atoms with Gasteiger partial charge < -0.3 is 11.5 Å². The Hall–Kier alpha value is -1.75. The van der Waals surface area contributed by atoms with Gasteiger partial charge in [0.2, 0.25) is 11.9 Å². The van der Waals surface area contributed by atoms with Crippen LogP contribution in [-0.4, -0.2) is 17.6 Å². The third kappa shape index (κ3) is 2.41. The summed E-state index contributed by atoms with van der Waals surface area (Å²) >= 11 is 0. The molecule has 0 amide bonds.